The van der Waals surface area contributed by atoms with Gasteiger partial charge in [-0.15, -0.1) is 0 Å². The first-order valence-electron chi connectivity index (χ1n) is 14.5. The second-order valence-corrected chi connectivity index (χ2v) is 13.0. The molecule has 0 spiro atoms. The van der Waals surface area contributed by atoms with Gasteiger partial charge in [0.2, 0.25) is 21.8 Å². The van der Waals surface area contributed by atoms with Crippen molar-refractivity contribution in [1.29, 1.82) is 0 Å². The third-order valence-electron chi connectivity index (χ3n) is 7.23. The normalized spacial score (nSPS) is 13.9. The summed E-state index contributed by atoms with van der Waals surface area (Å²) in [5.41, 5.74) is 2.70. The molecule has 1 fully saturated rings. The Kier molecular flexibility index (Phi) is 10.8. The van der Waals surface area contributed by atoms with Crippen molar-refractivity contribution in [2.75, 3.05) is 13.7 Å². The molecule has 3 aromatic rings. The minimum atomic E-state index is -3.54. The van der Waals surface area contributed by atoms with E-state index in [2.05, 4.69) is 10.0 Å². The van der Waals surface area contributed by atoms with Gasteiger partial charge in [-0.2, -0.15) is 0 Å². The number of nitrogens with one attached hydrogen (secondary N) is 2. The molecule has 42 heavy (non-hydrogen) atoms. The SMILES string of the molecule is COc1ccc(CN(C(=O)CCc2ccc(S(=O)(=O)NC3CC3)cc2)C(Cc2ccccc2)C(=O)NCC(C)C)cc1. The number of rotatable bonds is 15. The summed E-state index contributed by atoms with van der Waals surface area (Å²) in [7, 11) is -1.94. The first-order valence-corrected chi connectivity index (χ1v) is 16.0. The van der Waals surface area contributed by atoms with Gasteiger partial charge < -0.3 is 15.0 Å². The molecule has 2 amide bonds. The van der Waals surface area contributed by atoms with E-state index in [1.165, 1.54) is 0 Å². The minimum Gasteiger partial charge on any atom is -0.497 e. The van der Waals surface area contributed by atoms with Crippen LogP contribution in [0.2, 0.25) is 0 Å². The molecule has 0 saturated heterocycles. The lowest BCUT2D eigenvalue weighted by Gasteiger charge is -2.32. The molecule has 0 aromatic heterocycles. The molecule has 0 heterocycles. The second-order valence-electron chi connectivity index (χ2n) is 11.3. The molecule has 2 N–H and O–H groups in total. The van der Waals surface area contributed by atoms with Gasteiger partial charge >= 0.3 is 0 Å². The first-order chi connectivity index (χ1) is 20.1. The fourth-order valence-electron chi connectivity index (χ4n) is 4.62. The standard InChI is InChI=1S/C33H41N3O5S/c1-24(2)22-34-33(38)31(21-26-7-5-4-6-8-26)36(23-27-9-16-29(41-3)17-10-27)32(37)20-13-25-11-18-30(19-12-25)42(39,40)35-28-14-15-28/h4-12,16-19,24,28,31,35H,13-15,20-23H2,1-3H3,(H,34,38). The third-order valence-corrected chi connectivity index (χ3v) is 8.76. The Bertz CT molecular complexity index is 1420. The number of ether oxygens (including phenoxy) is 1. The quantitative estimate of drug-likeness (QED) is 0.271. The molecule has 0 aliphatic heterocycles. The summed E-state index contributed by atoms with van der Waals surface area (Å²) in [5.74, 6) is 0.638. The smallest absolute Gasteiger partial charge is 0.243 e. The van der Waals surface area contributed by atoms with Gasteiger partial charge in [-0.3, -0.25) is 9.59 Å². The van der Waals surface area contributed by atoms with Crippen LogP contribution in [0.4, 0.5) is 0 Å². The largest absolute Gasteiger partial charge is 0.497 e. The van der Waals surface area contributed by atoms with E-state index in [1.54, 1.807) is 36.3 Å². The predicted octanol–water partition coefficient (Wildman–Crippen LogP) is 4.48. The number of hydrogen-bond donors (Lipinski definition) is 2. The molecule has 8 nitrogen and oxygen atoms in total. The average Bonchev–Trinajstić information content (AvgIpc) is 3.80. The molecule has 3 aromatic carbocycles. The van der Waals surface area contributed by atoms with Crippen LogP contribution in [0, 0.1) is 5.92 Å². The Morgan fingerprint density at radius 2 is 1.55 bits per heavy atom. The van der Waals surface area contributed by atoms with Crippen molar-refractivity contribution in [2.45, 2.75) is 69.5 Å². The summed E-state index contributed by atoms with van der Waals surface area (Å²) in [6.45, 7) is 4.84. The lowest BCUT2D eigenvalue weighted by atomic mass is 10.0. The molecule has 1 aliphatic carbocycles. The van der Waals surface area contributed by atoms with Gasteiger partial charge in [0, 0.05) is 32.0 Å². The van der Waals surface area contributed by atoms with Crippen molar-refractivity contribution in [3.8, 4) is 5.75 Å². The summed E-state index contributed by atoms with van der Waals surface area (Å²) in [6.07, 6.45) is 2.71. The number of amides is 2. The molecule has 1 saturated carbocycles. The summed E-state index contributed by atoms with van der Waals surface area (Å²) in [4.78, 5) is 29.4. The van der Waals surface area contributed by atoms with Crippen molar-refractivity contribution in [1.82, 2.24) is 14.9 Å². The molecule has 1 aliphatic rings. The first kappa shape index (κ1) is 31.3. The predicted molar refractivity (Wildman–Crippen MR) is 163 cm³/mol. The van der Waals surface area contributed by atoms with Crippen molar-refractivity contribution in [2.24, 2.45) is 5.92 Å². The maximum Gasteiger partial charge on any atom is 0.243 e. The number of carbonyl (C=O) groups excluding carboxylic acids is 2. The van der Waals surface area contributed by atoms with Crippen LogP contribution < -0.4 is 14.8 Å². The molecule has 1 unspecified atom stereocenters. The van der Waals surface area contributed by atoms with Crippen LogP contribution in [0.25, 0.3) is 0 Å². The van der Waals surface area contributed by atoms with E-state index in [1.807, 2.05) is 68.4 Å². The highest BCUT2D eigenvalue weighted by Crippen LogP contribution is 2.23. The van der Waals surface area contributed by atoms with Gasteiger partial charge in [0.1, 0.15) is 11.8 Å². The van der Waals surface area contributed by atoms with Crippen LogP contribution in [-0.2, 0) is 39.0 Å². The number of benzene rings is 3. The van der Waals surface area contributed by atoms with Crippen LogP contribution in [0.3, 0.4) is 0 Å². The van der Waals surface area contributed by atoms with Crippen LogP contribution in [-0.4, -0.2) is 50.9 Å². The molecule has 1 atom stereocenters. The number of sulfonamides is 1. The number of nitrogens with zero attached hydrogens (tertiary/aromatic N) is 1. The van der Waals surface area contributed by atoms with Crippen LogP contribution >= 0.6 is 0 Å². The fourth-order valence-corrected chi connectivity index (χ4v) is 5.93. The van der Waals surface area contributed by atoms with E-state index < -0.39 is 16.1 Å². The zero-order valence-corrected chi connectivity index (χ0v) is 25.4. The molecule has 224 valence electrons. The molecule has 4 rings (SSSR count). The van der Waals surface area contributed by atoms with Crippen LogP contribution in [0.15, 0.2) is 83.8 Å². The fraction of sp³-hybridized carbons (Fsp3) is 0.394. The van der Waals surface area contributed by atoms with E-state index in [0.29, 0.717) is 25.1 Å². The lowest BCUT2D eigenvalue weighted by Crippen LogP contribution is -2.51. The number of methoxy groups -OCH3 is 1. The van der Waals surface area contributed by atoms with Gasteiger partial charge in [0.15, 0.2) is 0 Å². The summed E-state index contributed by atoms with van der Waals surface area (Å²) >= 11 is 0. The second kappa shape index (κ2) is 14.5. The van der Waals surface area contributed by atoms with E-state index in [9.17, 15) is 18.0 Å². The Morgan fingerprint density at radius 1 is 0.905 bits per heavy atom. The highest BCUT2D eigenvalue weighted by Gasteiger charge is 2.31. The van der Waals surface area contributed by atoms with Crippen molar-refractivity contribution >= 4 is 21.8 Å². The van der Waals surface area contributed by atoms with E-state index in [-0.39, 0.29) is 41.6 Å². The van der Waals surface area contributed by atoms with Crippen molar-refractivity contribution in [3.05, 3.63) is 95.6 Å². The number of aryl methyl sites for hydroxylation is 1. The molecular formula is C33H41N3O5S. The van der Waals surface area contributed by atoms with E-state index in [4.69, 9.17) is 4.74 Å². The van der Waals surface area contributed by atoms with Crippen molar-refractivity contribution < 1.29 is 22.7 Å². The van der Waals surface area contributed by atoms with Gasteiger partial charge in [-0.1, -0.05) is 68.4 Å². The van der Waals surface area contributed by atoms with Crippen LogP contribution in [0.5, 0.6) is 5.75 Å². The maximum absolute atomic E-state index is 13.9. The van der Waals surface area contributed by atoms with E-state index in [0.717, 1.165) is 29.5 Å². The lowest BCUT2D eigenvalue weighted by molar-refractivity contribution is -0.141. The highest BCUT2D eigenvalue weighted by molar-refractivity contribution is 7.89. The average molecular weight is 592 g/mol. The molecule has 0 radical (unpaired) electrons. The number of carbonyl (C=O) groups is 2. The Balaban J connectivity index is 1.55. The Hall–Kier alpha value is -3.69. The highest BCUT2D eigenvalue weighted by atomic mass is 32.2. The summed E-state index contributed by atoms with van der Waals surface area (Å²) in [5, 5.41) is 3.04. The van der Waals surface area contributed by atoms with Crippen molar-refractivity contribution in [3.63, 3.8) is 0 Å². The van der Waals surface area contributed by atoms with E-state index >= 15 is 0 Å². The number of hydrogen-bond acceptors (Lipinski definition) is 5. The topological polar surface area (TPSA) is 105 Å². The van der Waals surface area contributed by atoms with Crippen LogP contribution in [0.1, 0.15) is 49.8 Å². The Morgan fingerprint density at radius 3 is 2.14 bits per heavy atom. The summed E-state index contributed by atoms with van der Waals surface area (Å²) in [6, 6.07) is 23.2. The van der Waals surface area contributed by atoms with Gasteiger partial charge in [-0.25, -0.2) is 13.1 Å². The summed E-state index contributed by atoms with van der Waals surface area (Å²) < 4.78 is 33.0. The minimum absolute atomic E-state index is 0.0329. The zero-order chi connectivity index (χ0) is 30.1. The molecule has 0 bridgehead atoms. The zero-order valence-electron chi connectivity index (χ0n) is 24.6. The Labute approximate surface area is 249 Å². The van der Waals surface area contributed by atoms with Gasteiger partial charge in [0.25, 0.3) is 0 Å². The van der Waals surface area contributed by atoms with Gasteiger partial charge in [0.05, 0.1) is 12.0 Å². The molecular weight excluding hydrogens is 550 g/mol. The van der Waals surface area contributed by atoms with Gasteiger partial charge in [-0.05, 0) is 66.1 Å². The third kappa shape index (κ3) is 9.16. The molecule has 9 heteroatoms. The maximum atomic E-state index is 13.9. The monoisotopic (exact) mass is 591 g/mol.